The number of carbonyl (C=O) groups is 2. The monoisotopic (exact) mass is 367 g/mol. The first kappa shape index (κ1) is 18.5. The van der Waals surface area contributed by atoms with Crippen molar-refractivity contribution in [3.05, 3.63) is 47.9 Å². The third-order valence-electron chi connectivity index (χ3n) is 4.27. The molecule has 1 N–H and O–H groups in total. The highest BCUT2D eigenvalue weighted by Gasteiger charge is 2.18. The summed E-state index contributed by atoms with van der Waals surface area (Å²) < 4.78 is 6.21. The summed E-state index contributed by atoms with van der Waals surface area (Å²) in [7, 11) is 1.36. The second-order valence-corrected chi connectivity index (χ2v) is 6.08. The van der Waals surface area contributed by atoms with Crippen LogP contribution in [0.5, 0.6) is 0 Å². The van der Waals surface area contributed by atoms with Crippen molar-refractivity contribution >= 4 is 22.8 Å². The van der Waals surface area contributed by atoms with Gasteiger partial charge >= 0.3 is 5.97 Å². The fraction of sp³-hybridized carbons (Fsp3) is 0.316. The molecule has 0 unspecified atom stereocenters. The Morgan fingerprint density at radius 3 is 2.81 bits per heavy atom. The Morgan fingerprint density at radius 2 is 2.00 bits per heavy atom. The lowest BCUT2D eigenvalue weighted by Crippen LogP contribution is -2.25. The van der Waals surface area contributed by atoms with E-state index >= 15 is 0 Å². The number of benzene rings is 1. The zero-order chi connectivity index (χ0) is 19.2. The molecule has 3 rings (SSSR count). The number of nitrogens with one attached hydrogen (secondary N) is 1. The van der Waals surface area contributed by atoms with E-state index in [9.17, 15) is 9.59 Å². The van der Waals surface area contributed by atoms with Gasteiger partial charge in [0.05, 0.1) is 24.0 Å². The molecule has 1 aromatic carbocycles. The Labute approximate surface area is 156 Å². The molecule has 1 amide bonds. The fourth-order valence-electron chi connectivity index (χ4n) is 2.81. The molecule has 27 heavy (non-hydrogen) atoms. The molecule has 0 bridgehead atoms. The standard InChI is InChI=1S/C19H21N5O3/c1-13-17(19(26)21-11-4-3-10-16(25)27-2)22-23-24(13)15-9-5-7-14-8-6-12-20-18(14)15/h5-9,12H,3-4,10-11H2,1-2H3,(H,21,26). The van der Waals surface area contributed by atoms with E-state index in [0.29, 0.717) is 31.5 Å². The third-order valence-corrected chi connectivity index (χ3v) is 4.27. The number of esters is 1. The molecule has 0 atom stereocenters. The predicted octanol–water partition coefficient (Wildman–Crippen LogP) is 2.20. The maximum absolute atomic E-state index is 12.4. The quantitative estimate of drug-likeness (QED) is 0.508. The smallest absolute Gasteiger partial charge is 0.305 e. The van der Waals surface area contributed by atoms with E-state index in [0.717, 1.165) is 16.6 Å². The van der Waals surface area contributed by atoms with Gasteiger partial charge in [0, 0.05) is 24.5 Å². The van der Waals surface area contributed by atoms with Crippen LogP contribution in [-0.4, -0.2) is 45.5 Å². The molecule has 0 aliphatic rings. The number of fused-ring (bicyclic) bond motifs is 1. The van der Waals surface area contributed by atoms with Crippen molar-refractivity contribution in [2.75, 3.05) is 13.7 Å². The van der Waals surface area contributed by atoms with Crippen LogP contribution in [0.3, 0.4) is 0 Å². The minimum atomic E-state index is -0.287. The number of amides is 1. The van der Waals surface area contributed by atoms with E-state index in [4.69, 9.17) is 0 Å². The number of carbonyl (C=O) groups excluding carboxylic acids is 2. The molecule has 0 radical (unpaired) electrons. The first-order valence-corrected chi connectivity index (χ1v) is 8.73. The third kappa shape index (κ3) is 4.11. The molecule has 3 aromatic rings. The van der Waals surface area contributed by atoms with Gasteiger partial charge in [-0.05, 0) is 31.9 Å². The van der Waals surface area contributed by atoms with Crippen molar-refractivity contribution in [3.63, 3.8) is 0 Å². The maximum atomic E-state index is 12.4. The minimum Gasteiger partial charge on any atom is -0.469 e. The predicted molar refractivity (Wildman–Crippen MR) is 99.6 cm³/mol. The molecular formula is C19H21N5O3. The number of unbranched alkanes of at least 4 members (excludes halogenated alkanes) is 1. The molecule has 0 aliphatic carbocycles. The van der Waals surface area contributed by atoms with Gasteiger partial charge in [-0.25, -0.2) is 4.68 Å². The SMILES string of the molecule is COC(=O)CCCCNC(=O)c1nnn(-c2cccc3cccnc23)c1C. The molecule has 140 valence electrons. The van der Waals surface area contributed by atoms with E-state index in [2.05, 4.69) is 25.3 Å². The molecule has 8 heteroatoms. The summed E-state index contributed by atoms with van der Waals surface area (Å²) in [6.07, 6.45) is 3.40. The minimum absolute atomic E-state index is 0.246. The Bertz CT molecular complexity index is 962. The van der Waals surface area contributed by atoms with E-state index in [-0.39, 0.29) is 17.6 Å². The number of aromatic nitrogens is 4. The van der Waals surface area contributed by atoms with Crippen LogP contribution in [0.2, 0.25) is 0 Å². The summed E-state index contributed by atoms with van der Waals surface area (Å²) in [5, 5.41) is 12.0. The highest BCUT2D eigenvalue weighted by atomic mass is 16.5. The van der Waals surface area contributed by atoms with Gasteiger partial charge in [-0.3, -0.25) is 14.6 Å². The van der Waals surface area contributed by atoms with Gasteiger partial charge in [-0.2, -0.15) is 0 Å². The lowest BCUT2D eigenvalue weighted by molar-refractivity contribution is -0.140. The molecule has 0 spiro atoms. The van der Waals surface area contributed by atoms with Crippen LogP contribution in [0.15, 0.2) is 36.5 Å². The van der Waals surface area contributed by atoms with Crippen LogP contribution >= 0.6 is 0 Å². The zero-order valence-electron chi connectivity index (χ0n) is 15.3. The van der Waals surface area contributed by atoms with E-state index in [1.165, 1.54) is 7.11 Å². The topological polar surface area (TPSA) is 99.0 Å². The molecule has 8 nitrogen and oxygen atoms in total. The summed E-state index contributed by atoms with van der Waals surface area (Å²) in [4.78, 5) is 27.9. The molecule has 2 heterocycles. The first-order valence-electron chi connectivity index (χ1n) is 8.73. The van der Waals surface area contributed by atoms with Gasteiger partial charge in [0.15, 0.2) is 5.69 Å². The van der Waals surface area contributed by atoms with Crippen molar-refractivity contribution in [2.45, 2.75) is 26.2 Å². The van der Waals surface area contributed by atoms with E-state index in [1.54, 1.807) is 17.8 Å². The van der Waals surface area contributed by atoms with Crippen LogP contribution in [0.1, 0.15) is 35.4 Å². The summed E-state index contributed by atoms with van der Waals surface area (Å²) in [5.41, 5.74) is 2.48. The summed E-state index contributed by atoms with van der Waals surface area (Å²) >= 11 is 0. The summed E-state index contributed by atoms with van der Waals surface area (Å²) in [6, 6.07) is 9.63. The number of hydrogen-bond donors (Lipinski definition) is 1. The molecule has 0 aliphatic heterocycles. The zero-order valence-corrected chi connectivity index (χ0v) is 15.3. The van der Waals surface area contributed by atoms with Crippen molar-refractivity contribution in [1.29, 1.82) is 0 Å². The number of nitrogens with zero attached hydrogens (tertiary/aromatic N) is 4. The van der Waals surface area contributed by atoms with Gasteiger partial charge in [-0.1, -0.05) is 23.4 Å². The van der Waals surface area contributed by atoms with Crippen LogP contribution in [-0.2, 0) is 9.53 Å². The number of pyridine rings is 1. The first-order chi connectivity index (χ1) is 13.1. The largest absolute Gasteiger partial charge is 0.469 e. The fourth-order valence-corrected chi connectivity index (χ4v) is 2.81. The van der Waals surface area contributed by atoms with Gasteiger partial charge in [0.1, 0.15) is 0 Å². The van der Waals surface area contributed by atoms with Crippen LogP contribution < -0.4 is 5.32 Å². The average Bonchev–Trinajstić information content (AvgIpc) is 3.08. The second-order valence-electron chi connectivity index (χ2n) is 6.08. The summed E-state index contributed by atoms with van der Waals surface area (Å²) in [6.45, 7) is 2.26. The Hall–Kier alpha value is -3.29. The van der Waals surface area contributed by atoms with E-state index in [1.807, 2.05) is 30.3 Å². The molecule has 2 aromatic heterocycles. The van der Waals surface area contributed by atoms with Crippen molar-refractivity contribution in [3.8, 4) is 5.69 Å². The van der Waals surface area contributed by atoms with Gasteiger partial charge in [0.2, 0.25) is 0 Å². The lowest BCUT2D eigenvalue weighted by Gasteiger charge is -2.07. The highest BCUT2D eigenvalue weighted by Crippen LogP contribution is 2.21. The Balaban J connectivity index is 1.70. The highest BCUT2D eigenvalue weighted by molar-refractivity contribution is 5.93. The van der Waals surface area contributed by atoms with Crippen molar-refractivity contribution in [2.24, 2.45) is 0 Å². The second kappa shape index (κ2) is 8.39. The van der Waals surface area contributed by atoms with Gasteiger partial charge in [-0.15, -0.1) is 5.10 Å². The maximum Gasteiger partial charge on any atom is 0.305 e. The average molecular weight is 367 g/mol. The number of ether oxygens (including phenoxy) is 1. The van der Waals surface area contributed by atoms with Crippen LogP contribution in [0.4, 0.5) is 0 Å². The molecule has 0 saturated heterocycles. The number of para-hydroxylation sites is 1. The van der Waals surface area contributed by atoms with Gasteiger partial charge < -0.3 is 10.1 Å². The summed E-state index contributed by atoms with van der Waals surface area (Å²) in [5.74, 6) is -0.533. The van der Waals surface area contributed by atoms with E-state index < -0.39 is 0 Å². The lowest BCUT2D eigenvalue weighted by atomic mass is 10.2. The Kier molecular flexibility index (Phi) is 5.75. The number of hydrogen-bond acceptors (Lipinski definition) is 6. The molecule has 0 fully saturated rings. The number of rotatable bonds is 7. The van der Waals surface area contributed by atoms with Crippen molar-refractivity contribution in [1.82, 2.24) is 25.3 Å². The number of methoxy groups -OCH3 is 1. The van der Waals surface area contributed by atoms with Crippen LogP contribution in [0, 0.1) is 6.92 Å². The Morgan fingerprint density at radius 1 is 1.19 bits per heavy atom. The van der Waals surface area contributed by atoms with Gasteiger partial charge in [0.25, 0.3) is 5.91 Å². The molecular weight excluding hydrogens is 346 g/mol. The van der Waals surface area contributed by atoms with Crippen LogP contribution in [0.25, 0.3) is 16.6 Å². The van der Waals surface area contributed by atoms with Crippen molar-refractivity contribution < 1.29 is 14.3 Å². The molecule has 0 saturated carbocycles. The normalized spacial score (nSPS) is 10.7.